The van der Waals surface area contributed by atoms with Crippen LogP contribution in [0.4, 0.5) is 13.2 Å². The monoisotopic (exact) mass is 231 g/mol. The molecule has 2 nitrogen and oxygen atoms in total. The van der Waals surface area contributed by atoms with Crippen molar-refractivity contribution in [1.82, 2.24) is 4.90 Å². The van der Waals surface area contributed by atoms with Crippen LogP contribution in [0.1, 0.15) is 6.92 Å². The fraction of sp³-hybridized carbons (Fsp3) is 1.00. The quantitative estimate of drug-likeness (QED) is 0.702. The maximum Gasteiger partial charge on any atom is 0.415 e. The van der Waals surface area contributed by atoms with Crippen molar-refractivity contribution in [3.05, 3.63) is 0 Å². The van der Waals surface area contributed by atoms with Crippen molar-refractivity contribution in [2.45, 2.75) is 19.2 Å². The summed E-state index contributed by atoms with van der Waals surface area (Å²) in [6.45, 7) is 2.20. The molecule has 0 amide bonds. The predicted octanol–water partition coefficient (Wildman–Crippen LogP) is 1.59. The van der Waals surface area contributed by atoms with Crippen molar-refractivity contribution in [1.29, 1.82) is 0 Å². The first kappa shape index (κ1) is 14.1. The van der Waals surface area contributed by atoms with Gasteiger partial charge in [-0.25, -0.2) is 0 Å². The van der Waals surface area contributed by atoms with Gasteiger partial charge in [0.2, 0.25) is 0 Å². The molecule has 1 unspecified atom stereocenters. The van der Waals surface area contributed by atoms with Gasteiger partial charge in [0.15, 0.2) is 6.10 Å². The van der Waals surface area contributed by atoms with E-state index in [4.69, 9.17) is 5.11 Å². The molecule has 14 heavy (non-hydrogen) atoms. The molecule has 0 aromatic heterocycles. The van der Waals surface area contributed by atoms with Gasteiger partial charge in [-0.05, 0) is 12.8 Å². The highest BCUT2D eigenvalue weighted by molar-refractivity contribution is 7.99. The number of hydrogen-bond donors (Lipinski definition) is 1. The predicted molar refractivity (Wildman–Crippen MR) is 52.6 cm³/mol. The number of nitrogens with zero attached hydrogens (tertiary/aromatic N) is 1. The van der Waals surface area contributed by atoms with Gasteiger partial charge < -0.3 is 10.0 Å². The lowest BCUT2D eigenvalue weighted by Gasteiger charge is -2.21. The second-order valence-electron chi connectivity index (χ2n) is 3.02. The Morgan fingerprint density at radius 3 is 2.43 bits per heavy atom. The molecule has 0 aliphatic rings. The minimum atomic E-state index is -4.51. The first-order valence-electron chi connectivity index (χ1n) is 4.39. The van der Waals surface area contributed by atoms with Gasteiger partial charge >= 0.3 is 6.18 Å². The number of likely N-dealkylation sites (N-methyl/N-ethyl adjacent to an activating group) is 1. The second-order valence-corrected chi connectivity index (χ2v) is 4.41. The highest BCUT2D eigenvalue weighted by Crippen LogP contribution is 2.20. The number of aliphatic hydroxyl groups is 1. The maximum absolute atomic E-state index is 11.9. The van der Waals surface area contributed by atoms with Crippen LogP contribution in [-0.2, 0) is 0 Å². The summed E-state index contributed by atoms with van der Waals surface area (Å²) in [5.74, 6) is 1.74. The lowest BCUT2D eigenvalue weighted by molar-refractivity contribution is -0.207. The smallest absolute Gasteiger partial charge is 0.382 e. The number of alkyl halides is 3. The number of rotatable bonds is 6. The Kier molecular flexibility index (Phi) is 6.55. The summed E-state index contributed by atoms with van der Waals surface area (Å²) in [5, 5.41) is 8.74. The van der Waals surface area contributed by atoms with E-state index in [1.165, 1.54) is 4.90 Å². The summed E-state index contributed by atoms with van der Waals surface area (Å²) in [6, 6.07) is 0. The van der Waals surface area contributed by atoms with E-state index in [1.54, 1.807) is 18.8 Å². The SMILES string of the molecule is CCSCCN(C)CC(O)C(F)(F)F. The molecule has 0 saturated heterocycles. The van der Waals surface area contributed by atoms with E-state index in [2.05, 4.69) is 0 Å². The summed E-state index contributed by atoms with van der Waals surface area (Å²) in [6.07, 6.45) is -6.74. The molecule has 0 heterocycles. The van der Waals surface area contributed by atoms with E-state index in [1.807, 2.05) is 6.92 Å². The first-order valence-corrected chi connectivity index (χ1v) is 5.54. The molecule has 0 aromatic rings. The Bertz CT molecular complexity index is 154. The van der Waals surface area contributed by atoms with Gasteiger partial charge in [-0.3, -0.25) is 0 Å². The summed E-state index contributed by atoms with van der Waals surface area (Å²) < 4.78 is 35.7. The number of aliphatic hydroxyl groups excluding tert-OH is 1. The van der Waals surface area contributed by atoms with E-state index >= 15 is 0 Å². The fourth-order valence-electron chi connectivity index (χ4n) is 0.855. The van der Waals surface area contributed by atoms with Crippen molar-refractivity contribution in [3.8, 4) is 0 Å². The van der Waals surface area contributed by atoms with Gasteiger partial charge in [0.05, 0.1) is 0 Å². The zero-order valence-corrected chi connectivity index (χ0v) is 9.16. The molecule has 0 bridgehead atoms. The lowest BCUT2D eigenvalue weighted by Crippen LogP contribution is -2.40. The third-order valence-electron chi connectivity index (χ3n) is 1.68. The molecular formula is C8H16F3NOS. The van der Waals surface area contributed by atoms with Crippen LogP contribution in [0.2, 0.25) is 0 Å². The van der Waals surface area contributed by atoms with Gasteiger partial charge in [-0.1, -0.05) is 6.92 Å². The van der Waals surface area contributed by atoms with Crippen LogP contribution < -0.4 is 0 Å². The first-order chi connectivity index (χ1) is 6.38. The third-order valence-corrected chi connectivity index (χ3v) is 2.56. The average molecular weight is 231 g/mol. The Morgan fingerprint density at radius 1 is 1.43 bits per heavy atom. The third kappa shape index (κ3) is 6.50. The van der Waals surface area contributed by atoms with Crippen LogP contribution in [0.15, 0.2) is 0 Å². The Morgan fingerprint density at radius 2 is 2.00 bits per heavy atom. The van der Waals surface area contributed by atoms with Crippen LogP contribution in [0.5, 0.6) is 0 Å². The fourth-order valence-corrected chi connectivity index (χ4v) is 1.58. The van der Waals surface area contributed by atoms with Crippen LogP contribution in [0, 0.1) is 0 Å². The Labute approximate surface area is 86.5 Å². The molecule has 0 aromatic carbocycles. The molecule has 0 spiro atoms. The van der Waals surface area contributed by atoms with Gasteiger partial charge in [0.25, 0.3) is 0 Å². The maximum atomic E-state index is 11.9. The normalized spacial score (nSPS) is 14.8. The molecule has 1 atom stereocenters. The molecule has 0 saturated carbocycles. The highest BCUT2D eigenvalue weighted by atomic mass is 32.2. The van der Waals surface area contributed by atoms with Crippen molar-refractivity contribution in [2.75, 3.05) is 31.6 Å². The summed E-state index contributed by atoms with van der Waals surface area (Å²) in [4.78, 5) is 1.49. The molecule has 86 valence electrons. The molecule has 0 rings (SSSR count). The van der Waals surface area contributed by atoms with Gasteiger partial charge in [-0.15, -0.1) is 0 Å². The molecule has 1 N–H and O–H groups in total. The topological polar surface area (TPSA) is 23.5 Å². The van der Waals surface area contributed by atoms with Crippen LogP contribution in [0.25, 0.3) is 0 Å². The van der Waals surface area contributed by atoms with Crippen LogP contribution in [0.3, 0.4) is 0 Å². The van der Waals surface area contributed by atoms with E-state index in [0.29, 0.717) is 6.54 Å². The van der Waals surface area contributed by atoms with Crippen LogP contribution in [-0.4, -0.2) is 53.9 Å². The van der Waals surface area contributed by atoms with E-state index in [9.17, 15) is 13.2 Å². The average Bonchev–Trinajstić information content (AvgIpc) is 2.03. The molecular weight excluding hydrogens is 215 g/mol. The number of halogens is 3. The van der Waals surface area contributed by atoms with Crippen molar-refractivity contribution in [3.63, 3.8) is 0 Å². The lowest BCUT2D eigenvalue weighted by atomic mass is 10.3. The van der Waals surface area contributed by atoms with E-state index in [0.717, 1.165) is 11.5 Å². The Hall–Kier alpha value is 0.0600. The largest absolute Gasteiger partial charge is 0.415 e. The van der Waals surface area contributed by atoms with Crippen LogP contribution >= 0.6 is 11.8 Å². The zero-order valence-electron chi connectivity index (χ0n) is 8.34. The minimum Gasteiger partial charge on any atom is -0.382 e. The summed E-state index contributed by atoms with van der Waals surface area (Å²) in [7, 11) is 1.57. The molecule has 0 aliphatic carbocycles. The molecule has 0 radical (unpaired) electrons. The number of thioether (sulfide) groups is 1. The van der Waals surface area contributed by atoms with Gasteiger partial charge in [-0.2, -0.15) is 24.9 Å². The standard InChI is InChI=1S/C8H16F3NOS/c1-3-14-5-4-12(2)6-7(13)8(9,10)11/h7,13H,3-6H2,1-2H3. The van der Waals surface area contributed by atoms with Crippen molar-refractivity contribution in [2.24, 2.45) is 0 Å². The molecule has 0 aliphatic heterocycles. The highest BCUT2D eigenvalue weighted by Gasteiger charge is 2.38. The van der Waals surface area contributed by atoms with Gasteiger partial charge in [0, 0.05) is 18.8 Å². The Balaban J connectivity index is 3.66. The van der Waals surface area contributed by atoms with Crippen molar-refractivity contribution < 1.29 is 18.3 Å². The van der Waals surface area contributed by atoms with E-state index < -0.39 is 12.3 Å². The second kappa shape index (κ2) is 6.53. The molecule has 0 fully saturated rings. The zero-order chi connectivity index (χ0) is 11.2. The minimum absolute atomic E-state index is 0.353. The van der Waals surface area contributed by atoms with Crippen molar-refractivity contribution >= 4 is 11.8 Å². The number of hydrogen-bond acceptors (Lipinski definition) is 3. The van der Waals surface area contributed by atoms with Gasteiger partial charge in [0.1, 0.15) is 0 Å². The van der Waals surface area contributed by atoms with E-state index in [-0.39, 0.29) is 6.54 Å². The summed E-state index contributed by atoms with van der Waals surface area (Å²) >= 11 is 1.67. The summed E-state index contributed by atoms with van der Waals surface area (Å²) in [5.41, 5.74) is 0. The molecule has 6 heteroatoms.